The lowest BCUT2D eigenvalue weighted by molar-refractivity contribution is -0.143. The highest BCUT2D eigenvalue weighted by atomic mass is 16.5. The minimum Gasteiger partial charge on any atom is -0.466 e. The van der Waals surface area contributed by atoms with E-state index in [-0.39, 0.29) is 18.5 Å². The van der Waals surface area contributed by atoms with Crippen LogP contribution in [0.15, 0.2) is 0 Å². The Bertz CT molecular complexity index is 1010. The zero-order valence-electron chi connectivity index (χ0n) is 47.8. The predicted molar refractivity (Wildman–Crippen MR) is 306 cm³/mol. The molecule has 0 aromatic carbocycles. The highest BCUT2D eigenvalue weighted by Crippen LogP contribution is 2.19. The SMILES string of the molecule is CCCCCCCCCCCCCCCCCCCC(=O)OCCCCCCCCCCCCCCCCCCCCCCCCCCCCCC(=O)NC(CO)C(O)CCCCCCCCCCC. The van der Waals surface area contributed by atoms with E-state index in [0.29, 0.717) is 25.9 Å². The van der Waals surface area contributed by atoms with Crippen molar-refractivity contribution in [2.24, 2.45) is 0 Å². The summed E-state index contributed by atoms with van der Waals surface area (Å²) in [6.07, 6.45) is 71.4. The average molecular weight is 991 g/mol. The molecule has 70 heavy (non-hydrogen) atoms. The molecule has 2 atom stereocenters. The number of carbonyl (C=O) groups is 2. The fourth-order valence-corrected chi connectivity index (χ4v) is 10.5. The smallest absolute Gasteiger partial charge is 0.305 e. The van der Waals surface area contributed by atoms with E-state index in [2.05, 4.69) is 19.2 Å². The molecule has 0 rings (SSSR count). The van der Waals surface area contributed by atoms with Crippen molar-refractivity contribution < 1.29 is 24.5 Å². The Morgan fingerprint density at radius 3 is 0.871 bits per heavy atom. The summed E-state index contributed by atoms with van der Waals surface area (Å²) < 4.78 is 5.50. The highest BCUT2D eigenvalue weighted by molar-refractivity contribution is 5.76. The molecule has 0 spiro atoms. The summed E-state index contributed by atoms with van der Waals surface area (Å²) in [6.45, 7) is 4.97. The molecule has 0 saturated carbocycles. The highest BCUT2D eigenvalue weighted by Gasteiger charge is 2.20. The van der Waals surface area contributed by atoms with Gasteiger partial charge in [-0.25, -0.2) is 0 Å². The average Bonchev–Trinajstić information content (AvgIpc) is 3.36. The van der Waals surface area contributed by atoms with Crippen LogP contribution in [-0.4, -0.2) is 47.4 Å². The summed E-state index contributed by atoms with van der Waals surface area (Å²) in [5.41, 5.74) is 0. The summed E-state index contributed by atoms with van der Waals surface area (Å²) in [5, 5.41) is 23.1. The summed E-state index contributed by atoms with van der Waals surface area (Å²) >= 11 is 0. The molecule has 0 aromatic heterocycles. The Hall–Kier alpha value is -1.14. The van der Waals surface area contributed by atoms with Crippen molar-refractivity contribution in [2.75, 3.05) is 13.2 Å². The van der Waals surface area contributed by atoms with Crippen molar-refractivity contribution in [1.29, 1.82) is 0 Å². The van der Waals surface area contributed by atoms with E-state index >= 15 is 0 Å². The number of hydrogen-bond acceptors (Lipinski definition) is 5. The van der Waals surface area contributed by atoms with E-state index in [4.69, 9.17) is 4.74 Å². The van der Waals surface area contributed by atoms with Crippen LogP contribution in [0.4, 0.5) is 0 Å². The zero-order chi connectivity index (χ0) is 50.7. The molecule has 0 bridgehead atoms. The molecule has 0 aliphatic rings. The van der Waals surface area contributed by atoms with Crippen molar-refractivity contribution >= 4 is 11.9 Å². The van der Waals surface area contributed by atoms with E-state index < -0.39 is 12.1 Å². The second kappa shape index (κ2) is 60.4. The third-order valence-corrected chi connectivity index (χ3v) is 15.4. The predicted octanol–water partition coefficient (Wildman–Crippen LogP) is 20.3. The lowest BCUT2D eigenvalue weighted by Gasteiger charge is -2.22. The number of amides is 1. The first-order valence-corrected chi connectivity index (χ1v) is 32.3. The van der Waals surface area contributed by atoms with Crippen LogP contribution in [0.3, 0.4) is 0 Å². The van der Waals surface area contributed by atoms with Crippen molar-refractivity contribution in [1.82, 2.24) is 5.32 Å². The summed E-state index contributed by atoms with van der Waals surface area (Å²) in [6, 6.07) is -0.536. The van der Waals surface area contributed by atoms with Crippen LogP contribution < -0.4 is 5.32 Å². The monoisotopic (exact) mass is 990 g/mol. The lowest BCUT2D eigenvalue weighted by atomic mass is 10.0. The Morgan fingerprint density at radius 1 is 0.343 bits per heavy atom. The Kier molecular flexibility index (Phi) is 59.4. The number of unbranched alkanes of at least 4 members (excludes halogenated alkanes) is 50. The topological polar surface area (TPSA) is 95.9 Å². The number of aliphatic hydroxyl groups is 2. The molecule has 0 radical (unpaired) electrons. The molecule has 0 aromatic rings. The Morgan fingerprint density at radius 2 is 0.586 bits per heavy atom. The van der Waals surface area contributed by atoms with Gasteiger partial charge in [-0.3, -0.25) is 9.59 Å². The largest absolute Gasteiger partial charge is 0.466 e. The van der Waals surface area contributed by atoms with E-state index in [0.717, 1.165) is 38.5 Å². The van der Waals surface area contributed by atoms with Crippen LogP contribution >= 0.6 is 0 Å². The molecule has 0 fully saturated rings. The van der Waals surface area contributed by atoms with Crippen molar-refractivity contribution in [3.8, 4) is 0 Å². The molecule has 2 unspecified atom stereocenters. The van der Waals surface area contributed by atoms with Crippen LogP contribution in [0.25, 0.3) is 0 Å². The third kappa shape index (κ3) is 56.2. The number of hydrogen-bond donors (Lipinski definition) is 3. The summed E-state index contributed by atoms with van der Waals surface area (Å²) in [4.78, 5) is 24.5. The first-order chi connectivity index (χ1) is 34.5. The molecular formula is C64H127NO5. The van der Waals surface area contributed by atoms with Gasteiger partial charge in [0.15, 0.2) is 0 Å². The number of aliphatic hydroxyl groups excluding tert-OH is 2. The first kappa shape index (κ1) is 68.9. The summed E-state index contributed by atoms with van der Waals surface area (Å²) in [5.74, 6) is -0.00968. The van der Waals surface area contributed by atoms with Gasteiger partial charge >= 0.3 is 5.97 Å². The van der Waals surface area contributed by atoms with Gasteiger partial charge < -0.3 is 20.3 Å². The molecule has 6 nitrogen and oxygen atoms in total. The van der Waals surface area contributed by atoms with Gasteiger partial charge in [0.2, 0.25) is 5.91 Å². The van der Waals surface area contributed by atoms with Gasteiger partial charge in [-0.15, -0.1) is 0 Å². The van der Waals surface area contributed by atoms with Gasteiger partial charge in [0.1, 0.15) is 0 Å². The number of esters is 1. The zero-order valence-corrected chi connectivity index (χ0v) is 47.8. The van der Waals surface area contributed by atoms with E-state index in [1.54, 1.807) is 0 Å². The third-order valence-electron chi connectivity index (χ3n) is 15.4. The molecule has 0 heterocycles. The van der Waals surface area contributed by atoms with Gasteiger partial charge in [0.05, 0.1) is 25.4 Å². The normalized spacial score (nSPS) is 12.5. The van der Waals surface area contributed by atoms with Gasteiger partial charge in [0.25, 0.3) is 0 Å². The van der Waals surface area contributed by atoms with Gasteiger partial charge in [-0.1, -0.05) is 335 Å². The summed E-state index contributed by atoms with van der Waals surface area (Å²) in [7, 11) is 0. The van der Waals surface area contributed by atoms with Gasteiger partial charge in [0, 0.05) is 12.8 Å². The quantitative estimate of drug-likeness (QED) is 0.0417. The molecule has 3 N–H and O–H groups in total. The fourth-order valence-electron chi connectivity index (χ4n) is 10.5. The van der Waals surface area contributed by atoms with Crippen LogP contribution in [0.2, 0.25) is 0 Å². The minimum atomic E-state index is -0.659. The molecule has 1 amide bonds. The minimum absolute atomic E-state index is 0.0229. The lowest BCUT2D eigenvalue weighted by Crippen LogP contribution is -2.45. The maximum absolute atomic E-state index is 12.4. The number of rotatable bonds is 61. The standard InChI is InChI=1S/C64H127NO5/c1-3-5-7-9-11-13-14-15-16-28-32-35-38-42-46-50-54-58-64(69)70-59-55-51-47-43-39-36-33-30-27-25-23-21-19-17-18-20-22-24-26-29-31-34-37-41-45-49-53-57-63(68)65-61(60-66)62(67)56-52-48-44-40-12-10-8-6-4-2/h61-62,66-67H,3-60H2,1-2H3,(H,65,68). The Balaban J connectivity index is 3.29. The number of ether oxygens (including phenoxy) is 1. The Labute approximate surface area is 438 Å². The van der Waals surface area contributed by atoms with Crippen molar-refractivity contribution in [3.63, 3.8) is 0 Å². The van der Waals surface area contributed by atoms with E-state index in [1.165, 1.54) is 302 Å². The first-order valence-electron chi connectivity index (χ1n) is 32.3. The molecule has 6 heteroatoms. The van der Waals surface area contributed by atoms with E-state index in [9.17, 15) is 19.8 Å². The maximum atomic E-state index is 12.4. The molecule has 418 valence electrons. The van der Waals surface area contributed by atoms with Gasteiger partial charge in [-0.2, -0.15) is 0 Å². The maximum Gasteiger partial charge on any atom is 0.305 e. The van der Waals surface area contributed by atoms with Crippen LogP contribution in [0.1, 0.15) is 373 Å². The van der Waals surface area contributed by atoms with Crippen LogP contribution in [0, 0.1) is 0 Å². The van der Waals surface area contributed by atoms with Crippen molar-refractivity contribution in [3.05, 3.63) is 0 Å². The molecular weight excluding hydrogens is 863 g/mol. The molecule has 0 aliphatic carbocycles. The number of nitrogens with one attached hydrogen (secondary N) is 1. The second-order valence-corrected chi connectivity index (χ2v) is 22.5. The molecule has 0 saturated heterocycles. The van der Waals surface area contributed by atoms with E-state index in [1.807, 2.05) is 0 Å². The van der Waals surface area contributed by atoms with Gasteiger partial charge in [-0.05, 0) is 25.7 Å². The fraction of sp³-hybridized carbons (Fsp3) is 0.969. The van der Waals surface area contributed by atoms with Crippen molar-refractivity contribution in [2.45, 2.75) is 386 Å². The van der Waals surface area contributed by atoms with Crippen LogP contribution in [0.5, 0.6) is 0 Å². The number of carbonyl (C=O) groups excluding carboxylic acids is 2. The molecule has 0 aliphatic heterocycles. The second-order valence-electron chi connectivity index (χ2n) is 22.5. The van der Waals surface area contributed by atoms with Crippen LogP contribution in [-0.2, 0) is 14.3 Å².